The Morgan fingerprint density at radius 1 is 0.617 bits per heavy atom. The Bertz CT molecular complexity index is 2280. The van der Waals surface area contributed by atoms with E-state index in [2.05, 4.69) is 144 Å². The molecule has 1 heterocycles. The minimum absolute atomic E-state index is 0.218. The maximum atomic E-state index is 9.62. The van der Waals surface area contributed by atoms with E-state index in [4.69, 9.17) is 9.69 Å². The number of fused-ring (bicyclic) bond motifs is 1. The molecule has 1 fully saturated rings. The number of para-hydroxylation sites is 2. The molecule has 1 saturated heterocycles. The molecule has 6 heteroatoms. The fraction of sp³-hybridized carbons (Fsp3) is 0.222. The van der Waals surface area contributed by atoms with E-state index in [1.54, 1.807) is 23.3 Å². The third-order valence-electron chi connectivity index (χ3n) is 9.92. The van der Waals surface area contributed by atoms with Crippen molar-refractivity contribution in [2.45, 2.75) is 69.2 Å². The number of anilines is 2. The van der Waals surface area contributed by atoms with Gasteiger partial charge in [0.15, 0.2) is 0 Å². The van der Waals surface area contributed by atoms with Crippen LogP contribution in [0.1, 0.15) is 83.3 Å². The summed E-state index contributed by atoms with van der Waals surface area (Å²) in [6.45, 7) is 31.3. The number of hydrogen-bond donors (Lipinski definition) is 1. The number of rotatable bonds is 6. The fourth-order valence-electron chi connectivity index (χ4n) is 7.66. The summed E-state index contributed by atoms with van der Waals surface area (Å²) < 4.78 is 3.03. The molecule has 2 aliphatic rings. The summed E-state index contributed by atoms with van der Waals surface area (Å²) in [5.41, 5.74) is 17.7. The summed E-state index contributed by atoms with van der Waals surface area (Å²) in [6.07, 6.45) is 2.24. The van der Waals surface area contributed by atoms with E-state index >= 15 is 0 Å². The number of hydrogen-bond acceptors (Lipinski definition) is 3. The van der Waals surface area contributed by atoms with Crippen LogP contribution in [0.3, 0.4) is 0 Å². The molecule has 8 rings (SSSR count). The predicted octanol–water partition coefficient (Wildman–Crippen LogP) is 13.9. The quantitative estimate of drug-likeness (QED) is 0.0782. The van der Waals surface area contributed by atoms with Crippen LogP contribution in [-0.4, -0.2) is 33.6 Å². The molecule has 0 saturated carbocycles. The van der Waals surface area contributed by atoms with Gasteiger partial charge in [-0.15, -0.1) is 6.07 Å². The predicted molar refractivity (Wildman–Crippen MR) is 258 cm³/mol. The third kappa shape index (κ3) is 12.2. The summed E-state index contributed by atoms with van der Waals surface area (Å²) in [4.78, 5) is 4.81. The summed E-state index contributed by atoms with van der Waals surface area (Å²) in [7, 11) is 6.10. The fourth-order valence-corrected chi connectivity index (χ4v) is 9.21. The van der Waals surface area contributed by atoms with Crippen LogP contribution in [0.15, 0.2) is 140 Å². The molecule has 0 unspecified atom stereocenters. The van der Waals surface area contributed by atoms with Gasteiger partial charge >= 0.3 is 112 Å². The number of aryl methyl sites for hydroxylation is 6. The number of benzene rings is 6. The molecular weight excluding hydrogens is 843 g/mol. The second-order valence-electron chi connectivity index (χ2n) is 14.4. The molecule has 6 aromatic rings. The molecule has 1 aliphatic heterocycles. The molecule has 0 spiro atoms. The molecule has 0 amide bonds. The van der Waals surface area contributed by atoms with Crippen molar-refractivity contribution in [3.05, 3.63) is 208 Å². The summed E-state index contributed by atoms with van der Waals surface area (Å²) in [5, 5.41) is 9.62. The van der Waals surface area contributed by atoms with Crippen molar-refractivity contribution >= 4 is 43.2 Å². The zero-order valence-corrected chi connectivity index (χ0v) is 39.6. The Balaban J connectivity index is 0.000000194. The summed E-state index contributed by atoms with van der Waals surface area (Å²) in [6, 6.07) is 45.1. The molecule has 0 radical (unpaired) electrons. The van der Waals surface area contributed by atoms with E-state index < -0.39 is 0 Å². The van der Waals surface area contributed by atoms with Crippen LogP contribution in [0.4, 0.5) is 17.1 Å². The van der Waals surface area contributed by atoms with Crippen LogP contribution in [-0.2, 0) is 15.7 Å². The van der Waals surface area contributed by atoms with E-state index in [0.717, 1.165) is 24.3 Å². The van der Waals surface area contributed by atoms with Gasteiger partial charge < -0.3 is 14.9 Å². The standard InChI is InChI=1S/C21H27N2.C15H10.C14H13NO.2C2H6.ClH.Ru/c1-14-9-16(3)20(17(4)10-14)22-7-8-23(13-22)21-18(5)11-15(2)12-19(21)6;1-2-6-12(7-3-1)15-11-10-13-8-4-5-9-14(13)15;1-15(13-8-3-2-4-9-13)11-12-7-5-6-10-14(12)16;2*1-2;;/h9-13H,7-8H2,1-6H3;1-9,11H;2-11,16H,1H2;2*1-2H3;1H;/q-1;;;;;;+1/p-1. The van der Waals surface area contributed by atoms with Crippen molar-refractivity contribution in [2.24, 2.45) is 0 Å². The normalized spacial score (nSPS) is 13.1. The van der Waals surface area contributed by atoms with Gasteiger partial charge in [0.05, 0.1) is 12.5 Å². The number of phenols is 1. The Morgan fingerprint density at radius 2 is 1.05 bits per heavy atom. The average Bonchev–Trinajstić information content (AvgIpc) is 3.89. The molecule has 1 aliphatic carbocycles. The zero-order valence-electron chi connectivity index (χ0n) is 37.1. The van der Waals surface area contributed by atoms with Gasteiger partial charge in [-0.1, -0.05) is 99.5 Å². The van der Waals surface area contributed by atoms with Gasteiger partial charge in [0.1, 0.15) is 12.2 Å². The molecular formula is C54H62ClN3ORu-. The molecule has 1 N–H and O–H groups in total. The molecule has 0 aromatic heterocycles. The van der Waals surface area contributed by atoms with Crippen molar-refractivity contribution in [3.8, 4) is 5.75 Å². The molecule has 0 atom stereocenters. The molecule has 6 aromatic carbocycles. The van der Waals surface area contributed by atoms with E-state index in [1.807, 2.05) is 76.2 Å². The Kier molecular flexibility index (Phi) is 18.6. The summed E-state index contributed by atoms with van der Waals surface area (Å²) >= 11 is -0.218. The summed E-state index contributed by atoms with van der Waals surface area (Å²) in [5.74, 6) is 0.257. The van der Waals surface area contributed by atoms with Gasteiger partial charge in [-0.3, -0.25) is 4.58 Å². The first-order valence-corrected chi connectivity index (χ1v) is 23.9. The van der Waals surface area contributed by atoms with E-state index in [-0.39, 0.29) is 21.4 Å². The van der Waals surface area contributed by atoms with Crippen LogP contribution in [0.2, 0.25) is 0 Å². The van der Waals surface area contributed by atoms with E-state index in [9.17, 15) is 5.11 Å². The van der Waals surface area contributed by atoms with Crippen molar-refractivity contribution in [1.29, 1.82) is 0 Å². The van der Waals surface area contributed by atoms with Crippen LogP contribution in [0, 0.1) is 54.8 Å². The topological polar surface area (TPSA) is 29.7 Å². The molecule has 60 heavy (non-hydrogen) atoms. The monoisotopic (exact) mass is 905 g/mol. The number of phenolic OH excluding ortho intramolecular Hbond substituents is 1. The average molecular weight is 906 g/mol. The Hall–Kier alpha value is -5.22. The van der Waals surface area contributed by atoms with Gasteiger partial charge in [-0.25, -0.2) is 0 Å². The van der Waals surface area contributed by atoms with Crippen molar-refractivity contribution in [1.82, 2.24) is 0 Å². The van der Waals surface area contributed by atoms with Crippen LogP contribution < -0.4 is 9.80 Å². The molecule has 4 nitrogen and oxygen atoms in total. The van der Waals surface area contributed by atoms with Crippen molar-refractivity contribution < 1.29 is 25.4 Å². The van der Waals surface area contributed by atoms with Crippen LogP contribution >= 0.6 is 9.69 Å². The van der Waals surface area contributed by atoms with Crippen LogP contribution in [0.25, 0.3) is 5.57 Å². The second-order valence-corrected chi connectivity index (χ2v) is 16.4. The van der Waals surface area contributed by atoms with Crippen LogP contribution in [0.5, 0.6) is 5.75 Å². The van der Waals surface area contributed by atoms with E-state index in [0.29, 0.717) is 0 Å². The number of allylic oxidation sites excluding steroid dienone is 1. The van der Waals surface area contributed by atoms with Gasteiger partial charge in [0, 0.05) is 24.5 Å². The Morgan fingerprint density at radius 3 is 1.53 bits per heavy atom. The number of halogens is 1. The van der Waals surface area contributed by atoms with Gasteiger partial charge in [-0.2, -0.15) is 6.67 Å². The first kappa shape index (κ1) is 47.5. The van der Waals surface area contributed by atoms with Crippen molar-refractivity contribution in [2.75, 3.05) is 22.9 Å². The molecule has 0 bridgehead atoms. The Labute approximate surface area is 372 Å². The number of nitrogens with zero attached hydrogens (tertiary/aromatic N) is 3. The van der Waals surface area contributed by atoms with Gasteiger partial charge in [0.25, 0.3) is 0 Å². The number of aromatic hydroxyl groups is 1. The first-order chi connectivity index (χ1) is 29.0. The van der Waals surface area contributed by atoms with E-state index in [1.165, 1.54) is 71.1 Å². The maximum absolute atomic E-state index is 9.62. The minimum atomic E-state index is -0.218. The van der Waals surface area contributed by atoms with Gasteiger partial charge in [0.2, 0.25) is 0 Å². The SMILES string of the molecule is C=[N+]([CH-]c1ccccc1O)c1ccccc1.CC.CC.Cc1cc(C)c(N2[CH-]N(c3c(C)cc(C)cc3C)CC2)c(C)c1.[Cl][Ru]=[C]1C=C(c2ccccc2)c2ccccc21. The zero-order chi connectivity index (χ0) is 43.8. The molecule has 315 valence electrons. The van der Waals surface area contributed by atoms with Crippen molar-refractivity contribution in [3.63, 3.8) is 0 Å². The van der Waals surface area contributed by atoms with Gasteiger partial charge in [-0.05, 0) is 81.5 Å². The second kappa shape index (κ2) is 23.5. The third-order valence-corrected chi connectivity index (χ3v) is 11.8. The first-order valence-electron chi connectivity index (χ1n) is 20.8.